The summed E-state index contributed by atoms with van der Waals surface area (Å²) in [4.78, 5) is 29.5. The Morgan fingerprint density at radius 3 is 2.68 bits per heavy atom. The molecule has 0 aliphatic rings. The highest BCUT2D eigenvalue weighted by Gasteiger charge is 2.19. The summed E-state index contributed by atoms with van der Waals surface area (Å²) < 4.78 is 7.18. The molecule has 3 aromatic rings. The number of carbonyl (C=O) groups excluding carboxylic acids is 1. The molecule has 0 spiro atoms. The molecule has 0 bridgehead atoms. The molecule has 0 atom stereocenters. The van der Waals surface area contributed by atoms with E-state index < -0.39 is 0 Å². The van der Waals surface area contributed by atoms with Gasteiger partial charge in [0.2, 0.25) is 0 Å². The van der Waals surface area contributed by atoms with Crippen molar-refractivity contribution in [3.8, 4) is 0 Å². The van der Waals surface area contributed by atoms with E-state index in [2.05, 4.69) is 10.3 Å². The average Bonchev–Trinajstić information content (AvgIpc) is 2.98. The maximum Gasteiger partial charge on any atom is 0.254 e. The van der Waals surface area contributed by atoms with Gasteiger partial charge in [0, 0.05) is 24.4 Å². The Bertz CT molecular complexity index is 1010. The minimum atomic E-state index is -0.291. The van der Waals surface area contributed by atoms with Gasteiger partial charge in [-0.15, -0.1) is 0 Å². The molecule has 0 radical (unpaired) electrons. The number of pyridine rings is 1. The summed E-state index contributed by atoms with van der Waals surface area (Å²) in [6.45, 7) is 5.73. The van der Waals surface area contributed by atoms with Gasteiger partial charge in [-0.05, 0) is 19.9 Å². The van der Waals surface area contributed by atoms with Gasteiger partial charge in [0.05, 0.1) is 23.3 Å². The lowest BCUT2D eigenvalue weighted by atomic mass is 10.0. The number of nitrogens with zero attached hydrogens (tertiary/aromatic N) is 2. The minimum Gasteiger partial charge on any atom is -0.444 e. The monoisotopic (exact) mass is 339 g/mol. The lowest BCUT2D eigenvalue weighted by molar-refractivity contribution is 0.0948. The fourth-order valence-corrected chi connectivity index (χ4v) is 2.99. The summed E-state index contributed by atoms with van der Waals surface area (Å²) in [7, 11) is 1.71. The number of hydrogen-bond acceptors (Lipinski definition) is 4. The normalized spacial score (nSPS) is 11.0. The van der Waals surface area contributed by atoms with Crippen LogP contribution in [0.25, 0.3) is 10.9 Å². The van der Waals surface area contributed by atoms with Gasteiger partial charge in [0.1, 0.15) is 5.76 Å². The molecule has 6 heteroatoms. The number of amides is 1. The Morgan fingerprint density at radius 1 is 1.28 bits per heavy atom. The van der Waals surface area contributed by atoms with Crippen LogP contribution >= 0.6 is 0 Å². The molecule has 6 nitrogen and oxygen atoms in total. The number of para-hydroxylation sites is 1. The highest BCUT2D eigenvalue weighted by molar-refractivity contribution is 6.07. The highest BCUT2D eigenvalue weighted by Crippen LogP contribution is 2.19. The second-order valence-corrected chi connectivity index (χ2v) is 6.03. The van der Waals surface area contributed by atoms with Crippen LogP contribution in [0.4, 0.5) is 0 Å². The third-order valence-corrected chi connectivity index (χ3v) is 4.41. The number of benzene rings is 1. The Labute approximate surface area is 145 Å². The van der Waals surface area contributed by atoms with Crippen LogP contribution < -0.4 is 10.9 Å². The van der Waals surface area contributed by atoms with Gasteiger partial charge < -0.3 is 14.3 Å². The number of carbonyl (C=O) groups is 1. The maximum atomic E-state index is 12.8. The molecule has 1 N–H and O–H groups in total. The van der Waals surface area contributed by atoms with Gasteiger partial charge in [0.25, 0.3) is 11.5 Å². The summed E-state index contributed by atoms with van der Waals surface area (Å²) in [5.74, 6) is 0.994. The summed E-state index contributed by atoms with van der Waals surface area (Å²) >= 11 is 0. The molecule has 1 amide bonds. The first-order valence-corrected chi connectivity index (χ1v) is 8.25. The summed E-state index contributed by atoms with van der Waals surface area (Å²) in [6.07, 6.45) is 0.702. The van der Waals surface area contributed by atoms with Crippen molar-refractivity contribution in [1.29, 1.82) is 0 Å². The molecule has 0 aliphatic heterocycles. The summed E-state index contributed by atoms with van der Waals surface area (Å²) in [6, 6.07) is 7.40. The van der Waals surface area contributed by atoms with Crippen LogP contribution in [0.15, 0.2) is 33.5 Å². The molecule has 0 unspecified atom stereocenters. The molecule has 1 aromatic carbocycles. The van der Waals surface area contributed by atoms with Gasteiger partial charge in [0.15, 0.2) is 5.89 Å². The van der Waals surface area contributed by atoms with Crippen molar-refractivity contribution in [3.05, 3.63) is 63.1 Å². The topological polar surface area (TPSA) is 77.1 Å². The molecule has 0 saturated carbocycles. The zero-order valence-electron chi connectivity index (χ0n) is 14.8. The standard InChI is InChI=1S/C19H21N3O3/c1-5-16-21-12(3)15(25-16)10-20-18(23)17-11(2)19(24)22(4)14-9-7-6-8-13(14)17/h6-9H,5,10H2,1-4H3,(H,20,23). The number of oxazole rings is 1. The third kappa shape index (κ3) is 2.95. The predicted molar refractivity (Wildman–Crippen MR) is 95.7 cm³/mol. The molecule has 3 rings (SSSR count). The van der Waals surface area contributed by atoms with Gasteiger partial charge in [-0.25, -0.2) is 4.98 Å². The van der Waals surface area contributed by atoms with Crippen molar-refractivity contribution in [2.75, 3.05) is 0 Å². The predicted octanol–water partition coefficient (Wildman–Crippen LogP) is 2.64. The second-order valence-electron chi connectivity index (χ2n) is 6.03. The molecular formula is C19H21N3O3. The van der Waals surface area contributed by atoms with E-state index in [1.54, 1.807) is 18.5 Å². The third-order valence-electron chi connectivity index (χ3n) is 4.41. The Morgan fingerprint density at radius 2 is 2.00 bits per heavy atom. The van der Waals surface area contributed by atoms with Crippen LogP contribution in [0.5, 0.6) is 0 Å². The minimum absolute atomic E-state index is 0.173. The SMILES string of the molecule is CCc1nc(C)c(CNC(=O)c2c(C)c(=O)n(C)c3ccccc23)o1. The first-order valence-electron chi connectivity index (χ1n) is 8.25. The lowest BCUT2D eigenvalue weighted by Crippen LogP contribution is -2.29. The van der Waals surface area contributed by atoms with Crippen molar-refractivity contribution in [1.82, 2.24) is 14.9 Å². The quantitative estimate of drug-likeness (QED) is 0.793. The zero-order valence-corrected chi connectivity index (χ0v) is 14.8. The van der Waals surface area contributed by atoms with E-state index in [1.807, 2.05) is 38.1 Å². The van der Waals surface area contributed by atoms with Crippen molar-refractivity contribution in [2.24, 2.45) is 7.05 Å². The van der Waals surface area contributed by atoms with Gasteiger partial charge in [-0.3, -0.25) is 9.59 Å². The molecule has 2 heterocycles. The van der Waals surface area contributed by atoms with Crippen molar-refractivity contribution in [3.63, 3.8) is 0 Å². The van der Waals surface area contributed by atoms with E-state index in [0.717, 1.165) is 16.6 Å². The fourth-order valence-electron chi connectivity index (χ4n) is 2.99. The van der Waals surface area contributed by atoms with Crippen molar-refractivity contribution in [2.45, 2.75) is 33.7 Å². The van der Waals surface area contributed by atoms with E-state index in [9.17, 15) is 9.59 Å². The average molecular weight is 339 g/mol. The molecule has 0 fully saturated rings. The first-order chi connectivity index (χ1) is 11.9. The molecule has 25 heavy (non-hydrogen) atoms. The summed E-state index contributed by atoms with van der Waals surface area (Å²) in [5.41, 5.74) is 2.16. The summed E-state index contributed by atoms with van der Waals surface area (Å²) in [5, 5.41) is 3.61. The van der Waals surface area contributed by atoms with Crippen LogP contribution in [0, 0.1) is 13.8 Å². The number of hydrogen-bond donors (Lipinski definition) is 1. The van der Waals surface area contributed by atoms with E-state index in [0.29, 0.717) is 29.2 Å². The smallest absolute Gasteiger partial charge is 0.254 e. The van der Waals surface area contributed by atoms with Crippen LogP contribution in [0.2, 0.25) is 0 Å². The van der Waals surface area contributed by atoms with Gasteiger partial charge >= 0.3 is 0 Å². The van der Waals surface area contributed by atoms with E-state index >= 15 is 0 Å². The van der Waals surface area contributed by atoms with Crippen LogP contribution in [-0.4, -0.2) is 15.5 Å². The second kappa shape index (κ2) is 6.55. The molecular weight excluding hydrogens is 318 g/mol. The Hall–Kier alpha value is -2.89. The van der Waals surface area contributed by atoms with Crippen LogP contribution in [0.1, 0.15) is 40.2 Å². The molecule has 130 valence electrons. The first kappa shape index (κ1) is 17.0. The molecule has 2 aromatic heterocycles. The van der Waals surface area contributed by atoms with Crippen LogP contribution in [0.3, 0.4) is 0 Å². The van der Waals surface area contributed by atoms with Gasteiger partial charge in [-0.1, -0.05) is 25.1 Å². The van der Waals surface area contributed by atoms with E-state index in [-0.39, 0.29) is 18.0 Å². The maximum absolute atomic E-state index is 12.8. The zero-order chi connectivity index (χ0) is 18.1. The highest BCUT2D eigenvalue weighted by atomic mass is 16.4. The van der Waals surface area contributed by atoms with Crippen molar-refractivity contribution >= 4 is 16.8 Å². The number of rotatable bonds is 4. The van der Waals surface area contributed by atoms with E-state index in [4.69, 9.17) is 4.42 Å². The number of fused-ring (bicyclic) bond motifs is 1. The van der Waals surface area contributed by atoms with Crippen LogP contribution in [-0.2, 0) is 20.0 Å². The number of nitrogens with one attached hydrogen (secondary N) is 1. The van der Waals surface area contributed by atoms with E-state index in [1.165, 1.54) is 0 Å². The molecule has 0 aliphatic carbocycles. The largest absolute Gasteiger partial charge is 0.444 e. The van der Waals surface area contributed by atoms with Crippen molar-refractivity contribution < 1.29 is 9.21 Å². The Balaban J connectivity index is 1.97. The van der Waals surface area contributed by atoms with Gasteiger partial charge in [-0.2, -0.15) is 0 Å². The number of aromatic nitrogens is 2. The Kier molecular flexibility index (Phi) is 4.44. The molecule has 0 saturated heterocycles. The lowest BCUT2D eigenvalue weighted by Gasteiger charge is -2.13. The number of aryl methyl sites for hydroxylation is 3. The fraction of sp³-hybridized carbons (Fsp3) is 0.316.